The van der Waals surface area contributed by atoms with E-state index in [1.807, 2.05) is 18.2 Å². The molecule has 0 N–H and O–H groups in total. The van der Waals surface area contributed by atoms with E-state index < -0.39 is 0 Å². The fourth-order valence-corrected chi connectivity index (χ4v) is 5.43. The highest BCUT2D eigenvalue weighted by molar-refractivity contribution is 6.08. The Balaban J connectivity index is 1.30. The Morgan fingerprint density at radius 1 is 0.794 bits per heavy atom. The first-order chi connectivity index (χ1) is 16.8. The predicted molar refractivity (Wildman–Crippen MR) is 130 cm³/mol. The maximum atomic E-state index is 5.70. The molecule has 1 aliphatic carbocycles. The van der Waals surface area contributed by atoms with Crippen LogP contribution in [-0.2, 0) is 0 Å². The van der Waals surface area contributed by atoms with Gasteiger partial charge in [-0.2, -0.15) is 5.10 Å². The Bertz CT molecular complexity index is 1320. The lowest BCUT2D eigenvalue weighted by molar-refractivity contribution is 0.173. The molecule has 3 heterocycles. The van der Waals surface area contributed by atoms with Crippen LogP contribution in [-0.4, -0.2) is 19.3 Å². The molecular formula is C28H24N2O4. The molecule has 2 unspecified atom stereocenters. The van der Waals surface area contributed by atoms with Crippen molar-refractivity contribution >= 4 is 17.5 Å². The zero-order chi connectivity index (χ0) is 22.5. The van der Waals surface area contributed by atoms with Crippen molar-refractivity contribution < 1.29 is 18.9 Å². The van der Waals surface area contributed by atoms with Gasteiger partial charge in [0.2, 0.25) is 13.6 Å². The Kier molecular flexibility index (Phi) is 4.50. The third-order valence-corrected chi connectivity index (χ3v) is 7.00. The van der Waals surface area contributed by atoms with Crippen molar-refractivity contribution in [2.45, 2.75) is 25.3 Å². The average molecular weight is 453 g/mol. The van der Waals surface area contributed by atoms with E-state index in [2.05, 4.69) is 59.6 Å². The lowest BCUT2D eigenvalue weighted by Gasteiger charge is -2.30. The first-order valence-corrected chi connectivity index (χ1v) is 11.8. The van der Waals surface area contributed by atoms with Gasteiger partial charge in [0.05, 0.1) is 17.4 Å². The van der Waals surface area contributed by atoms with Crippen molar-refractivity contribution in [3.63, 3.8) is 0 Å². The summed E-state index contributed by atoms with van der Waals surface area (Å²) in [6.07, 6.45) is 5.50. The Morgan fingerprint density at radius 2 is 1.53 bits per heavy atom. The van der Waals surface area contributed by atoms with Gasteiger partial charge in [0.15, 0.2) is 23.0 Å². The van der Waals surface area contributed by atoms with E-state index in [1.165, 1.54) is 16.8 Å². The molecule has 3 aromatic rings. The van der Waals surface area contributed by atoms with E-state index in [0.717, 1.165) is 53.5 Å². The molecule has 0 bridgehead atoms. The van der Waals surface area contributed by atoms with E-state index in [9.17, 15) is 0 Å². The average Bonchev–Trinajstić information content (AvgIpc) is 3.62. The number of fused-ring (bicyclic) bond motifs is 3. The molecule has 7 rings (SSSR count). The van der Waals surface area contributed by atoms with Crippen molar-refractivity contribution in [1.29, 1.82) is 0 Å². The van der Waals surface area contributed by atoms with Gasteiger partial charge in [-0.1, -0.05) is 30.3 Å². The van der Waals surface area contributed by atoms with Crippen LogP contribution in [0.5, 0.6) is 23.0 Å². The maximum absolute atomic E-state index is 5.70. The third kappa shape index (κ3) is 3.21. The Hall–Kier alpha value is -3.93. The molecule has 3 aliphatic heterocycles. The second kappa shape index (κ2) is 7.83. The summed E-state index contributed by atoms with van der Waals surface area (Å²) in [6.45, 7) is 0.562. The molecule has 170 valence electrons. The first kappa shape index (κ1) is 19.5. The summed E-state index contributed by atoms with van der Waals surface area (Å²) in [7, 11) is 0. The lowest BCUT2D eigenvalue weighted by Crippen LogP contribution is -2.28. The standard InChI is InChI=1S/C28H24N2O4/c1-2-6-21(7-3-1)30-28(20-10-12-24-26(15-20)34-17-32-24)22-8-4-5-19(27(22)29-30)13-18-9-11-23-25(14-18)33-16-31-23/h1-3,6-7,9-15,22,28H,4-5,8,16-17H2/b19-13+. The van der Waals surface area contributed by atoms with Crippen molar-refractivity contribution in [2.75, 3.05) is 18.6 Å². The van der Waals surface area contributed by atoms with Crippen molar-refractivity contribution in [3.8, 4) is 23.0 Å². The highest BCUT2D eigenvalue weighted by atomic mass is 16.7. The SMILES string of the molecule is C(=C1/CCCC2C1=NN(c1ccccc1)C2c1ccc2c(c1)OCO2)/c1ccc2c(c1)OCO2. The molecule has 0 radical (unpaired) electrons. The molecule has 1 fully saturated rings. The molecule has 0 spiro atoms. The van der Waals surface area contributed by atoms with E-state index >= 15 is 0 Å². The van der Waals surface area contributed by atoms with E-state index in [-0.39, 0.29) is 19.6 Å². The largest absolute Gasteiger partial charge is 0.454 e. The predicted octanol–water partition coefficient (Wildman–Crippen LogP) is 5.95. The van der Waals surface area contributed by atoms with Gasteiger partial charge < -0.3 is 18.9 Å². The number of rotatable bonds is 3. The van der Waals surface area contributed by atoms with Crippen LogP contribution >= 0.6 is 0 Å². The summed E-state index contributed by atoms with van der Waals surface area (Å²) in [5.41, 5.74) is 5.87. The van der Waals surface area contributed by atoms with Gasteiger partial charge >= 0.3 is 0 Å². The van der Waals surface area contributed by atoms with E-state index in [1.54, 1.807) is 0 Å². The number of anilines is 1. The number of allylic oxidation sites excluding steroid dienone is 1. The molecule has 0 aromatic heterocycles. The fraction of sp³-hybridized carbons (Fsp3) is 0.250. The van der Waals surface area contributed by atoms with Crippen LogP contribution in [0.4, 0.5) is 5.69 Å². The number of benzene rings is 3. The number of hydrogen-bond donors (Lipinski definition) is 0. The van der Waals surface area contributed by atoms with Gasteiger partial charge in [0.1, 0.15) is 0 Å². The number of hydrazone groups is 1. The van der Waals surface area contributed by atoms with Gasteiger partial charge in [-0.05, 0) is 78.4 Å². The summed E-state index contributed by atoms with van der Waals surface area (Å²) >= 11 is 0. The van der Waals surface area contributed by atoms with Crippen molar-refractivity contribution in [3.05, 3.63) is 83.4 Å². The monoisotopic (exact) mass is 452 g/mol. The Morgan fingerprint density at radius 3 is 2.35 bits per heavy atom. The minimum absolute atomic E-state index is 0.104. The lowest BCUT2D eigenvalue weighted by atomic mass is 9.77. The smallest absolute Gasteiger partial charge is 0.231 e. The number of para-hydroxylation sites is 1. The minimum Gasteiger partial charge on any atom is -0.454 e. The van der Waals surface area contributed by atoms with E-state index in [0.29, 0.717) is 5.92 Å². The summed E-state index contributed by atoms with van der Waals surface area (Å²) in [6, 6.07) is 23.0. The molecule has 4 aliphatic rings. The van der Waals surface area contributed by atoms with Crippen molar-refractivity contribution in [2.24, 2.45) is 11.0 Å². The molecule has 3 aromatic carbocycles. The topological polar surface area (TPSA) is 52.5 Å². The van der Waals surface area contributed by atoms with Crippen LogP contribution in [0.2, 0.25) is 0 Å². The highest BCUT2D eigenvalue weighted by Crippen LogP contribution is 2.48. The molecule has 0 amide bonds. The maximum Gasteiger partial charge on any atom is 0.231 e. The van der Waals surface area contributed by atoms with Crippen LogP contribution in [0.25, 0.3) is 6.08 Å². The third-order valence-electron chi connectivity index (χ3n) is 7.00. The van der Waals surface area contributed by atoms with Crippen LogP contribution in [0.1, 0.15) is 36.4 Å². The van der Waals surface area contributed by atoms with Crippen LogP contribution in [0, 0.1) is 5.92 Å². The van der Waals surface area contributed by atoms with Gasteiger partial charge in [0, 0.05) is 5.92 Å². The molecule has 6 heteroatoms. The minimum atomic E-state index is 0.104. The fourth-order valence-electron chi connectivity index (χ4n) is 5.43. The van der Waals surface area contributed by atoms with Crippen LogP contribution < -0.4 is 24.0 Å². The van der Waals surface area contributed by atoms with Gasteiger partial charge in [0.25, 0.3) is 0 Å². The Labute approximate surface area is 198 Å². The normalized spacial score (nSPS) is 23.2. The van der Waals surface area contributed by atoms with Gasteiger partial charge in [-0.25, -0.2) is 0 Å². The summed E-state index contributed by atoms with van der Waals surface area (Å²) in [5, 5.41) is 7.43. The summed E-state index contributed by atoms with van der Waals surface area (Å²) in [5.74, 6) is 3.53. The molecule has 2 atom stereocenters. The van der Waals surface area contributed by atoms with E-state index in [4.69, 9.17) is 24.0 Å². The van der Waals surface area contributed by atoms with Crippen LogP contribution in [0.3, 0.4) is 0 Å². The number of hydrogen-bond acceptors (Lipinski definition) is 6. The second-order valence-corrected chi connectivity index (χ2v) is 9.00. The summed E-state index contributed by atoms with van der Waals surface area (Å²) < 4.78 is 22.3. The van der Waals surface area contributed by atoms with Crippen molar-refractivity contribution in [1.82, 2.24) is 0 Å². The molecule has 1 saturated carbocycles. The second-order valence-electron chi connectivity index (χ2n) is 9.00. The molecular weight excluding hydrogens is 428 g/mol. The number of ether oxygens (including phenoxy) is 4. The van der Waals surface area contributed by atoms with Gasteiger partial charge in [-0.3, -0.25) is 5.01 Å². The number of nitrogens with zero attached hydrogens (tertiary/aromatic N) is 2. The quantitative estimate of drug-likeness (QED) is 0.492. The first-order valence-electron chi connectivity index (χ1n) is 11.8. The summed E-state index contributed by atoms with van der Waals surface area (Å²) in [4.78, 5) is 0. The zero-order valence-electron chi connectivity index (χ0n) is 18.6. The zero-order valence-corrected chi connectivity index (χ0v) is 18.6. The molecule has 0 saturated heterocycles. The highest BCUT2D eigenvalue weighted by Gasteiger charge is 2.42. The molecule has 34 heavy (non-hydrogen) atoms. The molecule has 6 nitrogen and oxygen atoms in total. The van der Waals surface area contributed by atoms with Gasteiger partial charge in [-0.15, -0.1) is 0 Å². The van der Waals surface area contributed by atoms with Crippen LogP contribution in [0.15, 0.2) is 77.4 Å².